The molecule has 3 amide bonds. The van der Waals surface area contributed by atoms with Crippen molar-refractivity contribution in [3.8, 4) is 17.2 Å². The van der Waals surface area contributed by atoms with Gasteiger partial charge in [0.2, 0.25) is 5.88 Å². The van der Waals surface area contributed by atoms with E-state index in [1.54, 1.807) is 35.4 Å². The lowest BCUT2D eigenvalue weighted by molar-refractivity contribution is 0.0383. The Morgan fingerprint density at radius 3 is 2.75 bits per heavy atom. The zero-order valence-corrected chi connectivity index (χ0v) is 23.0. The molecule has 12 heteroatoms. The molecule has 1 aromatic carbocycles. The summed E-state index contributed by atoms with van der Waals surface area (Å²) in [4.78, 5) is 37.8. The van der Waals surface area contributed by atoms with E-state index >= 15 is 0 Å². The van der Waals surface area contributed by atoms with Gasteiger partial charge in [-0.1, -0.05) is 6.07 Å². The second-order valence-corrected chi connectivity index (χ2v) is 10.00. The maximum Gasteiger partial charge on any atom is 0.323 e. The Kier molecular flexibility index (Phi) is 8.46. The highest BCUT2D eigenvalue weighted by Gasteiger charge is 2.24. The highest BCUT2D eigenvalue weighted by atomic mass is 16.5. The van der Waals surface area contributed by atoms with E-state index in [9.17, 15) is 9.59 Å². The van der Waals surface area contributed by atoms with Crippen molar-refractivity contribution in [2.45, 2.75) is 26.9 Å². The van der Waals surface area contributed by atoms with Gasteiger partial charge in [0.15, 0.2) is 5.76 Å². The molecule has 2 fully saturated rings. The van der Waals surface area contributed by atoms with Gasteiger partial charge in [0.05, 0.1) is 25.5 Å². The second kappa shape index (κ2) is 12.3. The van der Waals surface area contributed by atoms with Crippen LogP contribution in [0.5, 0.6) is 5.88 Å². The van der Waals surface area contributed by atoms with Gasteiger partial charge in [-0.05, 0) is 44.5 Å². The fourth-order valence-corrected chi connectivity index (χ4v) is 4.50. The van der Waals surface area contributed by atoms with Gasteiger partial charge >= 0.3 is 6.03 Å². The number of hydrogen-bond acceptors (Lipinski definition) is 9. The van der Waals surface area contributed by atoms with E-state index in [1.165, 1.54) is 0 Å². The molecule has 2 aromatic heterocycles. The van der Waals surface area contributed by atoms with Crippen molar-refractivity contribution in [2.75, 3.05) is 62.7 Å². The molecular weight excluding hydrogens is 514 g/mol. The highest BCUT2D eigenvalue weighted by molar-refractivity contribution is 5.95. The summed E-state index contributed by atoms with van der Waals surface area (Å²) in [6, 6.07) is 9.06. The minimum Gasteiger partial charge on any atom is -0.475 e. The Morgan fingerprint density at radius 2 is 2.00 bits per heavy atom. The van der Waals surface area contributed by atoms with E-state index in [0.29, 0.717) is 53.9 Å². The molecular formula is C28H35N7O5. The van der Waals surface area contributed by atoms with Gasteiger partial charge in [-0.3, -0.25) is 14.6 Å². The summed E-state index contributed by atoms with van der Waals surface area (Å²) in [6.45, 7) is 11.4. The van der Waals surface area contributed by atoms with Crippen LogP contribution in [0.1, 0.15) is 29.8 Å². The first-order chi connectivity index (χ1) is 19.4. The molecule has 12 nitrogen and oxygen atoms in total. The number of carbonyl (C=O) groups is 2. The molecule has 4 heterocycles. The molecule has 0 saturated carbocycles. The number of aromatic nitrogens is 2. The van der Waals surface area contributed by atoms with Gasteiger partial charge in [0.25, 0.3) is 11.9 Å². The van der Waals surface area contributed by atoms with Crippen LogP contribution >= 0.6 is 0 Å². The number of ether oxygens (including phenoxy) is 2. The number of rotatable bonds is 10. The number of nitrogens with zero attached hydrogens (tertiary/aromatic N) is 4. The lowest BCUT2D eigenvalue weighted by Crippen LogP contribution is -2.41. The molecule has 2 aliphatic rings. The summed E-state index contributed by atoms with van der Waals surface area (Å²) in [5, 5.41) is 8.97. The normalized spacial score (nSPS) is 15.8. The van der Waals surface area contributed by atoms with E-state index in [2.05, 4.69) is 30.8 Å². The van der Waals surface area contributed by atoms with Gasteiger partial charge in [0, 0.05) is 62.1 Å². The van der Waals surface area contributed by atoms with Crippen molar-refractivity contribution in [1.29, 1.82) is 0 Å². The molecule has 5 rings (SSSR count). The Hall–Kier alpha value is -4.16. The minimum absolute atomic E-state index is 0.0956. The summed E-state index contributed by atoms with van der Waals surface area (Å²) >= 11 is 0. The minimum atomic E-state index is -0.208. The number of hydrogen-bond donors (Lipinski definition) is 3. The summed E-state index contributed by atoms with van der Waals surface area (Å²) < 4.78 is 17.2. The predicted molar refractivity (Wildman–Crippen MR) is 150 cm³/mol. The van der Waals surface area contributed by atoms with Crippen molar-refractivity contribution in [2.24, 2.45) is 0 Å². The standard InChI is InChI=1S/C28H35N7O5/c1-18(2)39-25-16-21(15-24(33-25)35-9-7-30-28(35)37)23-17-31-27(40-23)32-22-14-20(5-4-19(22)3)26(36)29-6-8-34-10-12-38-13-11-34/h4-5,14-18H,6-13H2,1-3H3,(H,29,36)(H,30,37)(H,31,32). The molecule has 0 aliphatic carbocycles. The monoisotopic (exact) mass is 549 g/mol. The molecule has 3 N–H and O–H groups in total. The van der Waals surface area contributed by atoms with E-state index in [4.69, 9.17) is 13.9 Å². The van der Waals surface area contributed by atoms with Crippen molar-refractivity contribution < 1.29 is 23.5 Å². The second-order valence-electron chi connectivity index (χ2n) is 10.00. The maximum absolute atomic E-state index is 12.8. The third-order valence-corrected chi connectivity index (χ3v) is 6.63. The predicted octanol–water partition coefficient (Wildman–Crippen LogP) is 3.17. The number of carbonyl (C=O) groups excluding carboxylic acids is 2. The molecule has 0 atom stereocenters. The first-order valence-corrected chi connectivity index (χ1v) is 13.5. The number of aryl methyl sites for hydroxylation is 1. The van der Waals surface area contributed by atoms with Crippen molar-refractivity contribution in [3.05, 3.63) is 47.7 Å². The third-order valence-electron chi connectivity index (χ3n) is 6.63. The number of amides is 3. The smallest absolute Gasteiger partial charge is 0.323 e. The van der Waals surface area contributed by atoms with Gasteiger partial charge in [-0.25, -0.2) is 9.78 Å². The number of benzene rings is 1. The Morgan fingerprint density at radius 1 is 1.18 bits per heavy atom. The molecule has 2 saturated heterocycles. The van der Waals surface area contributed by atoms with Crippen LogP contribution in [-0.4, -0.2) is 85.4 Å². The van der Waals surface area contributed by atoms with Gasteiger partial charge in [-0.2, -0.15) is 4.98 Å². The SMILES string of the molecule is Cc1ccc(C(=O)NCCN2CCOCC2)cc1Nc1ncc(-c2cc(OC(C)C)nc(N3CCNC3=O)c2)o1. The van der Waals surface area contributed by atoms with Crippen LogP contribution in [0.4, 0.5) is 22.3 Å². The molecule has 0 unspecified atom stereocenters. The van der Waals surface area contributed by atoms with E-state index in [-0.39, 0.29) is 24.1 Å². The molecule has 40 heavy (non-hydrogen) atoms. The van der Waals surface area contributed by atoms with E-state index in [0.717, 1.165) is 38.4 Å². The first-order valence-electron chi connectivity index (χ1n) is 13.5. The van der Waals surface area contributed by atoms with Gasteiger partial charge < -0.3 is 29.8 Å². The third kappa shape index (κ3) is 6.69. The molecule has 212 valence electrons. The fraction of sp³-hybridized carbons (Fsp3) is 0.429. The molecule has 3 aromatic rings. The lowest BCUT2D eigenvalue weighted by Gasteiger charge is -2.26. The van der Waals surface area contributed by atoms with Crippen LogP contribution in [0.25, 0.3) is 11.3 Å². The van der Waals surface area contributed by atoms with Crippen molar-refractivity contribution in [1.82, 2.24) is 25.5 Å². The van der Waals surface area contributed by atoms with Crippen LogP contribution in [-0.2, 0) is 4.74 Å². The van der Waals surface area contributed by atoms with Crippen molar-refractivity contribution in [3.63, 3.8) is 0 Å². The lowest BCUT2D eigenvalue weighted by atomic mass is 10.1. The summed E-state index contributed by atoms with van der Waals surface area (Å²) in [5.41, 5.74) is 2.86. The number of oxazole rings is 1. The summed E-state index contributed by atoms with van der Waals surface area (Å²) in [6.07, 6.45) is 1.50. The highest BCUT2D eigenvalue weighted by Crippen LogP contribution is 2.31. The zero-order chi connectivity index (χ0) is 28.1. The zero-order valence-electron chi connectivity index (χ0n) is 23.0. The van der Waals surface area contributed by atoms with Gasteiger partial charge in [-0.15, -0.1) is 0 Å². The quantitative estimate of drug-likeness (QED) is 0.349. The number of anilines is 3. The number of urea groups is 1. The van der Waals surface area contributed by atoms with Crippen molar-refractivity contribution >= 4 is 29.5 Å². The van der Waals surface area contributed by atoms with Crippen LogP contribution < -0.4 is 25.6 Å². The molecule has 0 spiro atoms. The Labute approximate surface area is 233 Å². The van der Waals surface area contributed by atoms with Crippen LogP contribution in [0.3, 0.4) is 0 Å². The number of pyridine rings is 1. The average Bonchev–Trinajstić information content (AvgIpc) is 3.59. The molecule has 0 bridgehead atoms. The van der Waals surface area contributed by atoms with Gasteiger partial charge in [0.1, 0.15) is 5.82 Å². The number of nitrogens with one attached hydrogen (secondary N) is 3. The maximum atomic E-state index is 12.8. The van der Waals surface area contributed by atoms with E-state index in [1.807, 2.05) is 26.8 Å². The van der Waals surface area contributed by atoms with Crippen LogP contribution in [0, 0.1) is 6.92 Å². The average molecular weight is 550 g/mol. The van der Waals surface area contributed by atoms with Crippen LogP contribution in [0.2, 0.25) is 0 Å². The summed E-state index contributed by atoms with van der Waals surface area (Å²) in [7, 11) is 0. The summed E-state index contributed by atoms with van der Waals surface area (Å²) in [5.74, 6) is 1.19. The molecule has 0 radical (unpaired) electrons. The molecule has 2 aliphatic heterocycles. The number of morpholine rings is 1. The Balaban J connectivity index is 1.29. The fourth-order valence-electron chi connectivity index (χ4n) is 4.50. The Bertz CT molecular complexity index is 1350. The first kappa shape index (κ1) is 27.4. The van der Waals surface area contributed by atoms with Crippen LogP contribution in [0.15, 0.2) is 40.9 Å². The van der Waals surface area contributed by atoms with E-state index < -0.39 is 0 Å². The largest absolute Gasteiger partial charge is 0.475 e. The topological polar surface area (TPSA) is 134 Å².